The largest absolute Gasteiger partial charge is 0.276 e. The highest BCUT2D eigenvalue weighted by molar-refractivity contribution is 7.99. The van der Waals surface area contributed by atoms with Gasteiger partial charge in [0.15, 0.2) is 0 Å². The second-order valence-electron chi connectivity index (χ2n) is 3.85. The van der Waals surface area contributed by atoms with E-state index in [1.165, 1.54) is 0 Å². The molecule has 1 saturated carbocycles. The molecule has 0 nitrogen and oxygen atoms in total. The van der Waals surface area contributed by atoms with Crippen molar-refractivity contribution in [2.45, 2.75) is 30.6 Å². The van der Waals surface area contributed by atoms with Gasteiger partial charge in [0, 0.05) is 16.4 Å². The first-order valence-corrected chi connectivity index (χ1v) is 6.24. The first-order valence-electron chi connectivity index (χ1n) is 5.25. The minimum atomic E-state index is -2.62. The van der Waals surface area contributed by atoms with Crippen LogP contribution in [0.5, 0.6) is 0 Å². The Morgan fingerprint density at radius 3 is 2.33 bits per heavy atom. The Morgan fingerprint density at radius 2 is 1.87 bits per heavy atom. The van der Waals surface area contributed by atoms with Crippen LogP contribution < -0.4 is 0 Å². The molecule has 82 valence electrons. The first-order chi connectivity index (χ1) is 7.14. The molecule has 3 heteroatoms. The maximum absolute atomic E-state index is 13.7. The van der Waals surface area contributed by atoms with Crippen LogP contribution in [0, 0.1) is 5.92 Å². The van der Waals surface area contributed by atoms with E-state index in [2.05, 4.69) is 6.92 Å². The minimum Gasteiger partial charge on any atom is -0.201 e. The van der Waals surface area contributed by atoms with E-state index in [1.807, 2.05) is 0 Å². The summed E-state index contributed by atoms with van der Waals surface area (Å²) >= 11 is 1.67. The summed E-state index contributed by atoms with van der Waals surface area (Å²) in [5, 5.41) is 0. The summed E-state index contributed by atoms with van der Waals surface area (Å²) in [6, 6.07) is 6.71. The van der Waals surface area contributed by atoms with Crippen molar-refractivity contribution in [3.8, 4) is 0 Å². The summed E-state index contributed by atoms with van der Waals surface area (Å²) in [6.07, 6.45) is 1.33. The van der Waals surface area contributed by atoms with Crippen LogP contribution in [0.2, 0.25) is 0 Å². The lowest BCUT2D eigenvalue weighted by atomic mass is 10.0. The van der Waals surface area contributed by atoms with Crippen LogP contribution in [0.25, 0.3) is 0 Å². The Hall–Kier alpha value is -0.570. The normalized spacial score (nSPS) is 16.7. The zero-order chi connectivity index (χ0) is 10.9. The Labute approximate surface area is 93.1 Å². The molecular formula is C12H14F2S. The third kappa shape index (κ3) is 2.33. The standard InChI is InChI=1S/C12H14F2S/c1-2-15-11-7-5-10(6-8-11)12(13,14)9-3-4-9/h5-9H,2-4H2,1H3. The average Bonchev–Trinajstić information content (AvgIpc) is 3.02. The topological polar surface area (TPSA) is 0 Å². The van der Waals surface area contributed by atoms with Gasteiger partial charge in [0.2, 0.25) is 0 Å². The van der Waals surface area contributed by atoms with Crippen molar-refractivity contribution >= 4 is 11.8 Å². The fraction of sp³-hybridized carbons (Fsp3) is 0.500. The molecule has 0 aromatic heterocycles. The number of benzene rings is 1. The van der Waals surface area contributed by atoms with E-state index in [9.17, 15) is 8.78 Å². The zero-order valence-corrected chi connectivity index (χ0v) is 9.49. The summed E-state index contributed by atoms with van der Waals surface area (Å²) in [5.41, 5.74) is 0.172. The van der Waals surface area contributed by atoms with Crippen molar-refractivity contribution in [3.63, 3.8) is 0 Å². The lowest BCUT2D eigenvalue weighted by Gasteiger charge is -2.15. The van der Waals surface area contributed by atoms with Crippen LogP contribution >= 0.6 is 11.8 Å². The summed E-state index contributed by atoms with van der Waals surface area (Å²) in [5.74, 6) is -2.06. The fourth-order valence-electron chi connectivity index (χ4n) is 1.62. The molecule has 0 atom stereocenters. The Morgan fingerprint density at radius 1 is 1.27 bits per heavy atom. The molecule has 0 unspecified atom stereocenters. The van der Waals surface area contributed by atoms with Gasteiger partial charge < -0.3 is 0 Å². The van der Waals surface area contributed by atoms with E-state index < -0.39 is 11.8 Å². The predicted octanol–water partition coefficient (Wildman–Crippen LogP) is 4.30. The molecule has 0 spiro atoms. The summed E-state index contributed by atoms with van der Waals surface area (Å²) in [6.45, 7) is 2.05. The third-order valence-corrected chi connectivity index (χ3v) is 3.53. The van der Waals surface area contributed by atoms with Gasteiger partial charge in [-0.25, -0.2) is 8.78 Å². The van der Waals surface area contributed by atoms with Crippen molar-refractivity contribution in [2.24, 2.45) is 5.92 Å². The van der Waals surface area contributed by atoms with E-state index in [4.69, 9.17) is 0 Å². The molecule has 0 bridgehead atoms. The van der Waals surface area contributed by atoms with Crippen LogP contribution in [-0.2, 0) is 5.92 Å². The average molecular weight is 228 g/mol. The summed E-state index contributed by atoms with van der Waals surface area (Å²) in [7, 11) is 0. The zero-order valence-electron chi connectivity index (χ0n) is 8.67. The molecule has 1 aliphatic carbocycles. The highest BCUT2D eigenvalue weighted by Gasteiger charge is 2.47. The number of thioether (sulfide) groups is 1. The first kappa shape index (κ1) is 10.9. The molecule has 15 heavy (non-hydrogen) atoms. The molecular weight excluding hydrogens is 214 g/mol. The number of hydrogen-bond acceptors (Lipinski definition) is 1. The van der Waals surface area contributed by atoms with Crippen molar-refractivity contribution in [1.29, 1.82) is 0 Å². The van der Waals surface area contributed by atoms with Gasteiger partial charge in [0.1, 0.15) is 0 Å². The van der Waals surface area contributed by atoms with Crippen LogP contribution in [-0.4, -0.2) is 5.75 Å². The van der Waals surface area contributed by atoms with E-state index in [-0.39, 0.29) is 5.56 Å². The fourth-order valence-corrected chi connectivity index (χ4v) is 2.28. The Balaban J connectivity index is 2.15. The lowest BCUT2D eigenvalue weighted by molar-refractivity contribution is -0.0285. The number of halogens is 2. The molecule has 2 rings (SSSR count). The van der Waals surface area contributed by atoms with Gasteiger partial charge >= 0.3 is 0 Å². The van der Waals surface area contributed by atoms with Gasteiger partial charge in [-0.15, -0.1) is 11.8 Å². The lowest BCUT2D eigenvalue weighted by Crippen LogP contribution is -2.15. The smallest absolute Gasteiger partial charge is 0.201 e. The van der Waals surface area contributed by atoms with Crippen molar-refractivity contribution in [1.82, 2.24) is 0 Å². The maximum Gasteiger partial charge on any atom is 0.276 e. The van der Waals surface area contributed by atoms with Gasteiger partial charge in [0.05, 0.1) is 0 Å². The van der Waals surface area contributed by atoms with Gasteiger partial charge in [-0.05, 0) is 30.7 Å². The molecule has 0 saturated heterocycles. The summed E-state index contributed by atoms with van der Waals surface area (Å²) < 4.78 is 27.3. The van der Waals surface area contributed by atoms with Crippen molar-refractivity contribution in [3.05, 3.63) is 29.8 Å². The second-order valence-corrected chi connectivity index (χ2v) is 5.19. The molecule has 1 fully saturated rings. The van der Waals surface area contributed by atoms with Crippen LogP contribution in [0.1, 0.15) is 25.3 Å². The molecule has 0 amide bonds. The second kappa shape index (κ2) is 4.12. The molecule has 1 aromatic carbocycles. The summed E-state index contributed by atoms with van der Waals surface area (Å²) in [4.78, 5) is 1.06. The van der Waals surface area contributed by atoms with Gasteiger partial charge in [-0.2, -0.15) is 0 Å². The Kier molecular flexibility index (Phi) is 3.01. The van der Waals surface area contributed by atoms with Crippen LogP contribution in [0.3, 0.4) is 0 Å². The SMILES string of the molecule is CCSc1ccc(C(F)(F)C2CC2)cc1. The quantitative estimate of drug-likeness (QED) is 0.692. The van der Waals surface area contributed by atoms with Gasteiger partial charge in [-0.3, -0.25) is 0 Å². The van der Waals surface area contributed by atoms with E-state index in [1.54, 1.807) is 36.0 Å². The Bertz CT molecular complexity index is 328. The monoisotopic (exact) mass is 228 g/mol. The van der Waals surface area contributed by atoms with E-state index in [0.717, 1.165) is 10.6 Å². The van der Waals surface area contributed by atoms with Gasteiger partial charge in [-0.1, -0.05) is 19.1 Å². The molecule has 0 aliphatic heterocycles. The van der Waals surface area contributed by atoms with Crippen LogP contribution in [0.15, 0.2) is 29.2 Å². The van der Waals surface area contributed by atoms with Crippen molar-refractivity contribution in [2.75, 3.05) is 5.75 Å². The molecule has 0 radical (unpaired) electrons. The third-order valence-electron chi connectivity index (χ3n) is 2.64. The highest BCUT2D eigenvalue weighted by Crippen LogP contribution is 2.49. The van der Waals surface area contributed by atoms with E-state index >= 15 is 0 Å². The predicted molar refractivity (Wildman–Crippen MR) is 59.5 cm³/mol. The molecule has 0 N–H and O–H groups in total. The molecule has 0 heterocycles. The van der Waals surface area contributed by atoms with Gasteiger partial charge in [0.25, 0.3) is 5.92 Å². The number of alkyl halides is 2. The molecule has 1 aliphatic rings. The number of rotatable bonds is 4. The minimum absolute atomic E-state index is 0.172. The van der Waals surface area contributed by atoms with Crippen molar-refractivity contribution < 1.29 is 8.78 Å². The van der Waals surface area contributed by atoms with Crippen LogP contribution in [0.4, 0.5) is 8.78 Å². The van der Waals surface area contributed by atoms with E-state index in [0.29, 0.717) is 12.8 Å². The highest BCUT2D eigenvalue weighted by atomic mass is 32.2. The molecule has 1 aromatic rings. The maximum atomic E-state index is 13.7. The number of hydrogen-bond donors (Lipinski definition) is 0.